The lowest BCUT2D eigenvalue weighted by Crippen LogP contribution is -2.37. The van der Waals surface area contributed by atoms with Gasteiger partial charge in [0.1, 0.15) is 5.75 Å². The maximum Gasteiger partial charge on any atom is 0.121 e. The molecule has 2 nitrogen and oxygen atoms in total. The highest BCUT2D eigenvalue weighted by Crippen LogP contribution is 2.48. The fourth-order valence-corrected chi connectivity index (χ4v) is 3.77. The number of anilines is 1. The van der Waals surface area contributed by atoms with Gasteiger partial charge in [-0.25, -0.2) is 0 Å². The first-order valence-corrected chi connectivity index (χ1v) is 6.85. The van der Waals surface area contributed by atoms with Crippen molar-refractivity contribution in [1.82, 2.24) is 0 Å². The fraction of sp³-hybridized carbons (Fsp3) is 0.538. The predicted molar refractivity (Wildman–Crippen MR) is 68.5 cm³/mol. The summed E-state index contributed by atoms with van der Waals surface area (Å²) in [6.07, 6.45) is 4.18. The molecule has 3 rings (SSSR count). The van der Waals surface area contributed by atoms with Crippen LogP contribution in [0.5, 0.6) is 5.75 Å². The van der Waals surface area contributed by atoms with E-state index < -0.39 is 0 Å². The molecular weight excluding hydrogens is 218 g/mol. The van der Waals surface area contributed by atoms with Crippen LogP contribution in [0.4, 0.5) is 5.69 Å². The Balaban J connectivity index is 1.85. The van der Waals surface area contributed by atoms with Crippen LogP contribution in [0.2, 0.25) is 0 Å². The Morgan fingerprint density at radius 3 is 2.94 bits per heavy atom. The third-order valence-electron chi connectivity index (χ3n) is 3.79. The smallest absolute Gasteiger partial charge is 0.121 e. The summed E-state index contributed by atoms with van der Waals surface area (Å²) in [4.78, 5) is 1.37. The summed E-state index contributed by atoms with van der Waals surface area (Å²) in [6.45, 7) is 1.13. The molecule has 1 aliphatic heterocycles. The van der Waals surface area contributed by atoms with E-state index in [0.29, 0.717) is 5.41 Å². The van der Waals surface area contributed by atoms with E-state index in [2.05, 4.69) is 17.4 Å². The van der Waals surface area contributed by atoms with Crippen LogP contribution in [0.15, 0.2) is 23.1 Å². The van der Waals surface area contributed by atoms with Crippen LogP contribution in [0.1, 0.15) is 19.3 Å². The summed E-state index contributed by atoms with van der Waals surface area (Å²) >= 11 is 1.99. The minimum absolute atomic E-state index is 0.566. The van der Waals surface area contributed by atoms with Gasteiger partial charge < -0.3 is 10.1 Å². The molecule has 0 unspecified atom stereocenters. The van der Waals surface area contributed by atoms with Gasteiger partial charge in [-0.1, -0.05) is 6.42 Å². The van der Waals surface area contributed by atoms with Gasteiger partial charge in [0.25, 0.3) is 0 Å². The van der Waals surface area contributed by atoms with E-state index >= 15 is 0 Å². The molecule has 0 bridgehead atoms. The molecule has 1 saturated carbocycles. The SMILES string of the molecule is COc1ccc2c(c1)NCC1(CCC1)CS2. The molecule has 16 heavy (non-hydrogen) atoms. The first-order valence-electron chi connectivity index (χ1n) is 5.86. The minimum Gasteiger partial charge on any atom is -0.497 e. The molecule has 0 radical (unpaired) electrons. The van der Waals surface area contributed by atoms with Gasteiger partial charge in [-0.05, 0) is 30.4 Å². The van der Waals surface area contributed by atoms with E-state index in [0.717, 1.165) is 12.3 Å². The fourth-order valence-electron chi connectivity index (χ4n) is 2.46. The molecule has 86 valence electrons. The van der Waals surface area contributed by atoms with Crippen molar-refractivity contribution in [3.8, 4) is 5.75 Å². The summed E-state index contributed by atoms with van der Waals surface area (Å²) in [6, 6.07) is 6.33. The largest absolute Gasteiger partial charge is 0.497 e. The number of rotatable bonds is 1. The van der Waals surface area contributed by atoms with Gasteiger partial charge >= 0.3 is 0 Å². The topological polar surface area (TPSA) is 21.3 Å². The number of ether oxygens (including phenoxy) is 1. The number of benzene rings is 1. The van der Waals surface area contributed by atoms with E-state index in [9.17, 15) is 0 Å². The Morgan fingerprint density at radius 2 is 2.25 bits per heavy atom. The number of hydrogen-bond donors (Lipinski definition) is 1. The Labute approximate surface area is 101 Å². The zero-order valence-corrected chi connectivity index (χ0v) is 10.4. The predicted octanol–water partition coefficient (Wildman–Crippen LogP) is 3.38. The van der Waals surface area contributed by atoms with Crippen molar-refractivity contribution in [2.75, 3.05) is 24.7 Å². The standard InChI is InChI=1S/C13H17NOS/c1-15-10-3-4-12-11(7-10)14-8-13(9-16-12)5-2-6-13/h3-4,7,14H,2,5-6,8-9H2,1H3. The molecule has 1 heterocycles. The van der Waals surface area contributed by atoms with Crippen LogP contribution in [0.25, 0.3) is 0 Å². The molecule has 0 saturated heterocycles. The number of methoxy groups -OCH3 is 1. The number of fused-ring (bicyclic) bond motifs is 1. The summed E-state index contributed by atoms with van der Waals surface area (Å²) in [5, 5.41) is 3.59. The lowest BCUT2D eigenvalue weighted by molar-refractivity contribution is 0.187. The van der Waals surface area contributed by atoms with Crippen molar-refractivity contribution in [1.29, 1.82) is 0 Å². The number of hydrogen-bond acceptors (Lipinski definition) is 3. The zero-order valence-electron chi connectivity index (χ0n) is 9.58. The maximum absolute atomic E-state index is 5.26. The lowest BCUT2D eigenvalue weighted by Gasteiger charge is -2.40. The molecule has 0 atom stereocenters. The van der Waals surface area contributed by atoms with Crippen molar-refractivity contribution in [2.45, 2.75) is 24.2 Å². The first-order chi connectivity index (χ1) is 7.81. The van der Waals surface area contributed by atoms with Gasteiger partial charge in [0.2, 0.25) is 0 Å². The summed E-state index contributed by atoms with van der Waals surface area (Å²) in [5.74, 6) is 2.20. The highest BCUT2D eigenvalue weighted by Gasteiger charge is 2.38. The molecule has 1 aliphatic carbocycles. The minimum atomic E-state index is 0.566. The van der Waals surface area contributed by atoms with Crippen LogP contribution >= 0.6 is 11.8 Å². The summed E-state index contributed by atoms with van der Waals surface area (Å²) < 4.78 is 5.26. The van der Waals surface area contributed by atoms with E-state index in [-0.39, 0.29) is 0 Å². The van der Waals surface area contributed by atoms with Crippen LogP contribution in [0, 0.1) is 5.41 Å². The normalized spacial score (nSPS) is 21.6. The van der Waals surface area contributed by atoms with Gasteiger partial charge in [0.05, 0.1) is 12.8 Å². The van der Waals surface area contributed by atoms with Gasteiger partial charge in [-0.2, -0.15) is 0 Å². The maximum atomic E-state index is 5.26. The quantitative estimate of drug-likeness (QED) is 0.806. The third-order valence-corrected chi connectivity index (χ3v) is 5.21. The van der Waals surface area contributed by atoms with E-state index in [1.807, 2.05) is 17.8 Å². The molecule has 1 aromatic rings. The average Bonchev–Trinajstić information content (AvgIpc) is 2.47. The van der Waals surface area contributed by atoms with Crippen molar-refractivity contribution in [3.05, 3.63) is 18.2 Å². The summed E-state index contributed by atoms with van der Waals surface area (Å²) in [7, 11) is 1.72. The monoisotopic (exact) mass is 235 g/mol. The average molecular weight is 235 g/mol. The molecule has 1 N–H and O–H groups in total. The van der Waals surface area contributed by atoms with Crippen molar-refractivity contribution < 1.29 is 4.74 Å². The summed E-state index contributed by atoms with van der Waals surface area (Å²) in [5.41, 5.74) is 1.81. The second kappa shape index (κ2) is 3.88. The van der Waals surface area contributed by atoms with Crippen LogP contribution in [0.3, 0.4) is 0 Å². The Morgan fingerprint density at radius 1 is 1.38 bits per heavy atom. The highest BCUT2D eigenvalue weighted by molar-refractivity contribution is 7.99. The molecule has 1 aromatic carbocycles. The molecule has 3 heteroatoms. The van der Waals surface area contributed by atoms with Gasteiger partial charge in [0.15, 0.2) is 0 Å². The van der Waals surface area contributed by atoms with E-state index in [4.69, 9.17) is 4.74 Å². The molecular formula is C13H17NOS. The zero-order chi connectivity index (χ0) is 11.0. The molecule has 0 amide bonds. The molecule has 1 spiro atoms. The first kappa shape index (κ1) is 10.3. The van der Waals surface area contributed by atoms with E-state index in [1.165, 1.54) is 35.6 Å². The van der Waals surface area contributed by atoms with Crippen LogP contribution < -0.4 is 10.1 Å². The number of thioether (sulfide) groups is 1. The Kier molecular flexibility index (Phi) is 2.51. The van der Waals surface area contributed by atoms with Crippen molar-refractivity contribution in [3.63, 3.8) is 0 Å². The van der Waals surface area contributed by atoms with Gasteiger partial charge in [-0.3, -0.25) is 0 Å². The molecule has 1 fully saturated rings. The van der Waals surface area contributed by atoms with Crippen molar-refractivity contribution in [2.24, 2.45) is 5.41 Å². The van der Waals surface area contributed by atoms with Crippen molar-refractivity contribution >= 4 is 17.4 Å². The Hall–Kier alpha value is -0.830. The second-order valence-corrected chi connectivity index (χ2v) is 5.88. The second-order valence-electron chi connectivity index (χ2n) is 4.86. The van der Waals surface area contributed by atoms with E-state index in [1.54, 1.807) is 7.11 Å². The molecule has 0 aromatic heterocycles. The molecule has 2 aliphatic rings. The van der Waals surface area contributed by atoms with Crippen LogP contribution in [-0.2, 0) is 0 Å². The lowest BCUT2D eigenvalue weighted by atomic mass is 9.70. The Bertz CT molecular complexity index is 401. The number of nitrogens with one attached hydrogen (secondary N) is 1. The van der Waals surface area contributed by atoms with Gasteiger partial charge in [-0.15, -0.1) is 11.8 Å². The van der Waals surface area contributed by atoms with Crippen LogP contribution in [-0.4, -0.2) is 19.4 Å². The third kappa shape index (κ3) is 1.67. The highest BCUT2D eigenvalue weighted by atomic mass is 32.2. The van der Waals surface area contributed by atoms with Gasteiger partial charge in [0, 0.05) is 23.3 Å².